The van der Waals surface area contributed by atoms with Gasteiger partial charge in [0.25, 0.3) is 6.01 Å². The molecule has 2 heterocycles. The zero-order valence-corrected chi connectivity index (χ0v) is 20.5. The summed E-state index contributed by atoms with van der Waals surface area (Å²) in [6.07, 6.45) is -0.459. The number of carboxylic acid groups (broad SMARTS) is 1. The number of methoxy groups -OCH3 is 1. The van der Waals surface area contributed by atoms with Crippen LogP contribution in [0.15, 0.2) is 71.1 Å². The van der Waals surface area contributed by atoms with E-state index in [1.54, 1.807) is 24.1 Å². The van der Waals surface area contributed by atoms with E-state index in [0.717, 1.165) is 16.8 Å². The summed E-state index contributed by atoms with van der Waals surface area (Å²) in [6, 6.07) is 20.0. The van der Waals surface area contributed by atoms with Crippen LogP contribution in [0, 0.1) is 6.92 Å². The maximum atomic E-state index is 13.1. The first-order valence-electron chi connectivity index (χ1n) is 11.9. The van der Waals surface area contributed by atoms with E-state index in [0.29, 0.717) is 36.0 Å². The molecule has 0 saturated carbocycles. The molecule has 1 aliphatic heterocycles. The zero-order chi connectivity index (χ0) is 25.9. The summed E-state index contributed by atoms with van der Waals surface area (Å²) in [6.45, 7) is 2.78. The lowest BCUT2D eigenvalue weighted by molar-refractivity contribution is -0.130. The summed E-state index contributed by atoms with van der Waals surface area (Å²) < 4.78 is 17.5. The van der Waals surface area contributed by atoms with Gasteiger partial charge in [0.05, 0.1) is 25.1 Å². The molecule has 3 aromatic carbocycles. The molecule has 2 N–H and O–H groups in total. The van der Waals surface area contributed by atoms with Gasteiger partial charge in [-0.15, -0.1) is 0 Å². The van der Waals surface area contributed by atoms with Gasteiger partial charge in [-0.1, -0.05) is 24.3 Å². The van der Waals surface area contributed by atoms with Gasteiger partial charge in [-0.2, -0.15) is 4.98 Å². The van der Waals surface area contributed by atoms with Gasteiger partial charge in [-0.25, -0.2) is 4.79 Å². The van der Waals surface area contributed by atoms with Gasteiger partial charge in [0, 0.05) is 12.8 Å². The van der Waals surface area contributed by atoms with Gasteiger partial charge in [0.1, 0.15) is 23.5 Å². The number of aromatic nitrogens is 1. The highest BCUT2D eigenvalue weighted by Crippen LogP contribution is 2.26. The minimum atomic E-state index is -0.999. The molecule has 190 valence electrons. The summed E-state index contributed by atoms with van der Waals surface area (Å²) in [5.41, 5.74) is 4.30. The lowest BCUT2D eigenvalue weighted by Gasteiger charge is -2.18. The van der Waals surface area contributed by atoms with Crippen molar-refractivity contribution < 1.29 is 28.6 Å². The van der Waals surface area contributed by atoms with Crippen molar-refractivity contribution in [1.82, 2.24) is 9.88 Å². The van der Waals surface area contributed by atoms with E-state index in [-0.39, 0.29) is 30.1 Å². The first-order valence-corrected chi connectivity index (χ1v) is 11.9. The van der Waals surface area contributed by atoms with Crippen LogP contribution in [-0.2, 0) is 16.0 Å². The van der Waals surface area contributed by atoms with Crippen molar-refractivity contribution in [2.75, 3.05) is 25.5 Å². The molecule has 9 nitrogen and oxygen atoms in total. The largest absolute Gasteiger partial charge is 0.486 e. The van der Waals surface area contributed by atoms with Crippen molar-refractivity contribution in [2.24, 2.45) is 0 Å². The summed E-state index contributed by atoms with van der Waals surface area (Å²) in [4.78, 5) is 30.4. The van der Waals surface area contributed by atoms with Crippen LogP contribution in [-0.4, -0.2) is 59.3 Å². The number of oxazole rings is 1. The summed E-state index contributed by atoms with van der Waals surface area (Å²) in [5, 5.41) is 12.3. The number of nitrogens with one attached hydrogen (secondary N) is 1. The number of benzene rings is 3. The highest BCUT2D eigenvalue weighted by atomic mass is 16.5. The molecule has 1 fully saturated rings. The average Bonchev–Trinajstić information content (AvgIpc) is 3.49. The molecule has 0 radical (unpaired) electrons. The van der Waals surface area contributed by atoms with Crippen LogP contribution in [0.25, 0.3) is 11.1 Å². The number of anilines is 2. The smallest absolute Gasteiger partial charge is 0.335 e. The lowest BCUT2D eigenvalue weighted by atomic mass is 10.1. The van der Waals surface area contributed by atoms with E-state index in [2.05, 4.69) is 10.3 Å². The fourth-order valence-electron chi connectivity index (χ4n) is 4.39. The third-order valence-electron chi connectivity index (χ3n) is 6.45. The third-order valence-corrected chi connectivity index (χ3v) is 6.45. The monoisotopic (exact) mass is 501 g/mol. The van der Waals surface area contributed by atoms with Crippen molar-refractivity contribution in [3.63, 3.8) is 0 Å². The second-order valence-electron chi connectivity index (χ2n) is 9.00. The minimum absolute atomic E-state index is 0.0495. The Balaban J connectivity index is 1.23. The molecule has 1 saturated heterocycles. The number of aromatic carboxylic acids is 1. The Hall–Kier alpha value is -4.37. The number of ether oxygens (including phenoxy) is 2. The molecule has 9 heteroatoms. The Morgan fingerprint density at radius 2 is 1.84 bits per heavy atom. The number of para-hydroxylation sites is 1. The highest BCUT2D eigenvalue weighted by Gasteiger charge is 2.37. The molecule has 2 atom stereocenters. The van der Waals surface area contributed by atoms with Crippen molar-refractivity contribution in [3.05, 3.63) is 83.4 Å². The second kappa shape index (κ2) is 10.3. The fraction of sp³-hybridized carbons (Fsp3) is 0.250. The molecule has 0 unspecified atom stereocenters. The molecule has 5 rings (SSSR count). The van der Waals surface area contributed by atoms with Crippen LogP contribution in [0.4, 0.5) is 11.7 Å². The number of carboxylic acids is 1. The van der Waals surface area contributed by atoms with Gasteiger partial charge < -0.3 is 29.2 Å². The Morgan fingerprint density at radius 3 is 2.57 bits per heavy atom. The summed E-state index contributed by atoms with van der Waals surface area (Å²) in [7, 11) is 1.59. The van der Waals surface area contributed by atoms with E-state index in [4.69, 9.17) is 19.0 Å². The van der Waals surface area contributed by atoms with E-state index < -0.39 is 5.97 Å². The number of carbonyl (C=O) groups is 2. The number of hydrogen-bond donors (Lipinski definition) is 2. The van der Waals surface area contributed by atoms with Crippen molar-refractivity contribution in [2.45, 2.75) is 25.6 Å². The Kier molecular flexibility index (Phi) is 6.78. The fourth-order valence-corrected chi connectivity index (χ4v) is 4.39. The van der Waals surface area contributed by atoms with Crippen LogP contribution in [0.2, 0.25) is 0 Å². The van der Waals surface area contributed by atoms with Crippen LogP contribution in [0.1, 0.15) is 21.5 Å². The molecule has 0 spiro atoms. The molecule has 1 aliphatic rings. The van der Waals surface area contributed by atoms with Gasteiger partial charge in [0.2, 0.25) is 5.91 Å². The van der Waals surface area contributed by atoms with E-state index >= 15 is 0 Å². The predicted molar refractivity (Wildman–Crippen MR) is 137 cm³/mol. The number of fused-ring (bicyclic) bond motifs is 1. The number of rotatable bonds is 8. The average molecular weight is 502 g/mol. The molecule has 1 amide bonds. The van der Waals surface area contributed by atoms with E-state index in [9.17, 15) is 9.59 Å². The summed E-state index contributed by atoms with van der Waals surface area (Å²) >= 11 is 0. The molecular weight excluding hydrogens is 474 g/mol. The molecule has 1 aromatic heterocycles. The van der Waals surface area contributed by atoms with Crippen molar-refractivity contribution in [3.8, 4) is 5.75 Å². The number of carbonyl (C=O) groups excluding carboxylic acids is 1. The molecule has 37 heavy (non-hydrogen) atoms. The van der Waals surface area contributed by atoms with Crippen LogP contribution in [0.5, 0.6) is 5.75 Å². The van der Waals surface area contributed by atoms with E-state index in [1.165, 1.54) is 12.1 Å². The third kappa shape index (κ3) is 5.41. The maximum absolute atomic E-state index is 13.1. The zero-order valence-electron chi connectivity index (χ0n) is 20.5. The molecular formula is C28H27N3O6. The second-order valence-corrected chi connectivity index (χ2v) is 9.00. The Morgan fingerprint density at radius 1 is 1.08 bits per heavy atom. The number of hydrogen-bond acceptors (Lipinski definition) is 7. The normalized spacial score (nSPS) is 17.2. The number of likely N-dealkylation sites (tertiary alicyclic amines) is 1. The van der Waals surface area contributed by atoms with Gasteiger partial charge in [-0.3, -0.25) is 4.79 Å². The number of amides is 1. The van der Waals surface area contributed by atoms with E-state index in [1.807, 2.05) is 49.4 Å². The lowest BCUT2D eigenvalue weighted by Crippen LogP contribution is -2.32. The van der Waals surface area contributed by atoms with Crippen LogP contribution in [0.3, 0.4) is 0 Å². The summed E-state index contributed by atoms with van der Waals surface area (Å²) in [5.74, 6) is -0.523. The molecule has 0 bridgehead atoms. The maximum Gasteiger partial charge on any atom is 0.335 e. The predicted octanol–water partition coefficient (Wildman–Crippen LogP) is 4.43. The standard InChI is InChI=1S/C28H27N3O6/c1-17-5-3-4-6-21(17)29-28-30-22-12-7-18(13-23(22)37-28)14-26(32)31-15-24(35-2)25(16-31)36-20-10-8-19(9-11-20)27(33)34/h3-13,24-25H,14-16H2,1-2H3,(H,29,30)(H,33,34)/t24-,25+/m1/s1. The first kappa shape index (κ1) is 24.3. The number of aryl methyl sites for hydroxylation is 1. The Bertz CT molecular complexity index is 1430. The first-order chi connectivity index (χ1) is 17.9. The van der Waals surface area contributed by atoms with Gasteiger partial charge in [0.15, 0.2) is 5.58 Å². The van der Waals surface area contributed by atoms with Crippen molar-refractivity contribution >= 4 is 34.7 Å². The SMILES string of the molecule is CO[C@@H]1CN(C(=O)Cc2ccc3nc(Nc4ccccc4C)oc3c2)C[C@@H]1Oc1ccc(C(=O)O)cc1. The van der Waals surface area contributed by atoms with Crippen LogP contribution >= 0.6 is 0 Å². The minimum Gasteiger partial charge on any atom is -0.486 e. The van der Waals surface area contributed by atoms with Gasteiger partial charge in [-0.05, 0) is 60.5 Å². The topological polar surface area (TPSA) is 114 Å². The quantitative estimate of drug-likeness (QED) is 0.365. The Labute approximate surface area is 213 Å². The molecule has 0 aliphatic carbocycles. The number of nitrogens with zero attached hydrogens (tertiary/aromatic N) is 2. The van der Waals surface area contributed by atoms with Gasteiger partial charge >= 0.3 is 5.97 Å². The van der Waals surface area contributed by atoms with Crippen molar-refractivity contribution in [1.29, 1.82) is 0 Å². The van der Waals surface area contributed by atoms with Crippen LogP contribution < -0.4 is 10.1 Å². The molecule has 4 aromatic rings. The highest BCUT2D eigenvalue weighted by molar-refractivity contribution is 5.87.